The number of likely N-dealkylation sites (tertiary alicyclic amines) is 1. The van der Waals surface area contributed by atoms with E-state index in [-0.39, 0.29) is 16.7 Å². The lowest BCUT2D eigenvalue weighted by atomic mass is 9.95. The number of aromatic amines is 1. The number of nitrogens with zero attached hydrogens (tertiary/aromatic N) is 5. The molecule has 3 fully saturated rings. The Labute approximate surface area is 193 Å². The zero-order valence-corrected chi connectivity index (χ0v) is 19.7. The topological polar surface area (TPSA) is 79.3 Å². The Balaban J connectivity index is 1.37. The molecule has 1 aromatic carbocycles. The van der Waals surface area contributed by atoms with Gasteiger partial charge >= 0.3 is 0 Å². The molecule has 2 saturated heterocycles. The number of ether oxygens (including phenoxy) is 1. The molecule has 3 aliphatic rings. The molecule has 2 aliphatic heterocycles. The molecule has 1 spiro atoms. The molecule has 1 unspecified atom stereocenters. The molecule has 0 bridgehead atoms. The molecule has 8 heteroatoms. The Morgan fingerprint density at radius 3 is 2.79 bits per heavy atom. The van der Waals surface area contributed by atoms with Gasteiger partial charge in [-0.25, -0.2) is 4.68 Å². The van der Waals surface area contributed by atoms with Crippen LogP contribution in [0.1, 0.15) is 46.0 Å². The highest BCUT2D eigenvalue weighted by Gasteiger charge is 2.45. The van der Waals surface area contributed by atoms with Crippen LogP contribution in [0.15, 0.2) is 29.1 Å². The minimum Gasteiger partial charge on any atom is -0.488 e. The molecule has 1 saturated carbocycles. The third-order valence-electron chi connectivity index (χ3n) is 7.94. The Kier molecular flexibility index (Phi) is 4.59. The van der Waals surface area contributed by atoms with Gasteiger partial charge in [-0.2, -0.15) is 10.2 Å². The van der Waals surface area contributed by atoms with Crippen LogP contribution in [0.4, 0.5) is 5.69 Å². The first-order valence-electron chi connectivity index (χ1n) is 12.2. The van der Waals surface area contributed by atoms with Gasteiger partial charge in [-0.15, -0.1) is 0 Å². The number of hydrogen-bond acceptors (Lipinski definition) is 6. The molecule has 6 rings (SSSR count). The van der Waals surface area contributed by atoms with Gasteiger partial charge in [-0.1, -0.05) is 6.92 Å². The molecule has 33 heavy (non-hydrogen) atoms. The van der Waals surface area contributed by atoms with Crippen molar-refractivity contribution in [3.63, 3.8) is 0 Å². The molecule has 4 heterocycles. The zero-order valence-electron chi connectivity index (χ0n) is 19.7. The summed E-state index contributed by atoms with van der Waals surface area (Å²) in [6.07, 6.45) is 5.72. The number of aryl methyl sites for hydroxylation is 1. The lowest BCUT2D eigenvalue weighted by Gasteiger charge is -2.34. The Morgan fingerprint density at radius 2 is 2.00 bits per heavy atom. The van der Waals surface area contributed by atoms with Gasteiger partial charge in [0.15, 0.2) is 0 Å². The van der Waals surface area contributed by atoms with E-state index in [2.05, 4.69) is 38.9 Å². The Hall–Kier alpha value is -2.87. The van der Waals surface area contributed by atoms with Gasteiger partial charge < -0.3 is 9.64 Å². The van der Waals surface area contributed by atoms with E-state index in [0.29, 0.717) is 5.69 Å². The Bertz CT molecular complexity index is 1280. The van der Waals surface area contributed by atoms with Crippen LogP contribution in [0, 0.1) is 0 Å². The normalized spacial score (nSPS) is 24.3. The van der Waals surface area contributed by atoms with Crippen molar-refractivity contribution in [2.75, 3.05) is 31.1 Å². The highest BCUT2D eigenvalue weighted by atomic mass is 16.5. The van der Waals surface area contributed by atoms with Crippen molar-refractivity contribution >= 4 is 16.6 Å². The largest absolute Gasteiger partial charge is 0.488 e. The summed E-state index contributed by atoms with van der Waals surface area (Å²) >= 11 is 0. The zero-order chi connectivity index (χ0) is 22.8. The molecule has 1 N–H and O–H groups in total. The molecular weight excluding hydrogens is 416 g/mol. The number of nitrogens with one attached hydrogen (secondary N) is 1. The van der Waals surface area contributed by atoms with Gasteiger partial charge in [0.1, 0.15) is 28.4 Å². The molecule has 1 atom stereocenters. The molecular formula is C25H32N6O2. The van der Waals surface area contributed by atoms with Gasteiger partial charge in [0.05, 0.1) is 5.52 Å². The number of rotatable bonds is 5. The van der Waals surface area contributed by atoms with Crippen LogP contribution in [0.5, 0.6) is 5.75 Å². The third kappa shape index (κ3) is 3.42. The summed E-state index contributed by atoms with van der Waals surface area (Å²) in [4.78, 5) is 18.0. The summed E-state index contributed by atoms with van der Waals surface area (Å²) < 4.78 is 7.63. The van der Waals surface area contributed by atoms with Crippen molar-refractivity contribution in [3.05, 3.63) is 34.6 Å². The first-order chi connectivity index (χ1) is 15.9. The van der Waals surface area contributed by atoms with Crippen LogP contribution >= 0.6 is 0 Å². The quantitative estimate of drug-likeness (QED) is 0.645. The Morgan fingerprint density at radius 1 is 1.15 bits per heavy atom. The fourth-order valence-corrected chi connectivity index (χ4v) is 5.76. The minimum atomic E-state index is -0.0534. The minimum absolute atomic E-state index is 0.0437. The molecule has 1 aliphatic carbocycles. The number of aromatic nitrogens is 4. The molecule has 174 valence electrons. The van der Waals surface area contributed by atoms with Crippen LogP contribution in [0.25, 0.3) is 22.3 Å². The van der Waals surface area contributed by atoms with Crippen LogP contribution in [0.3, 0.4) is 0 Å². The first kappa shape index (κ1) is 20.7. The van der Waals surface area contributed by atoms with E-state index in [1.54, 1.807) is 7.05 Å². The average Bonchev–Trinajstić information content (AvgIpc) is 3.18. The molecule has 0 radical (unpaired) electrons. The van der Waals surface area contributed by atoms with E-state index >= 15 is 0 Å². The maximum absolute atomic E-state index is 13.1. The van der Waals surface area contributed by atoms with Crippen molar-refractivity contribution < 1.29 is 4.74 Å². The molecule has 0 amide bonds. The van der Waals surface area contributed by atoms with Crippen molar-refractivity contribution in [1.82, 2.24) is 24.9 Å². The second-order valence-corrected chi connectivity index (χ2v) is 10.3. The van der Waals surface area contributed by atoms with E-state index in [9.17, 15) is 4.79 Å². The summed E-state index contributed by atoms with van der Waals surface area (Å²) in [6.45, 7) is 8.40. The first-order valence-corrected chi connectivity index (χ1v) is 12.2. The van der Waals surface area contributed by atoms with E-state index in [1.807, 2.05) is 24.3 Å². The fourth-order valence-electron chi connectivity index (χ4n) is 5.76. The smallest absolute Gasteiger partial charge is 0.290 e. The van der Waals surface area contributed by atoms with Crippen LogP contribution in [0.2, 0.25) is 0 Å². The lowest BCUT2D eigenvalue weighted by Crippen LogP contribution is -2.46. The second-order valence-electron chi connectivity index (χ2n) is 10.3. The number of fused-ring (bicyclic) bond motifs is 1. The van der Waals surface area contributed by atoms with E-state index in [0.717, 1.165) is 73.5 Å². The van der Waals surface area contributed by atoms with E-state index in [4.69, 9.17) is 4.74 Å². The van der Waals surface area contributed by atoms with Gasteiger partial charge in [0, 0.05) is 31.1 Å². The third-order valence-corrected chi connectivity index (χ3v) is 7.94. The summed E-state index contributed by atoms with van der Waals surface area (Å²) in [5.41, 5.74) is 3.20. The monoisotopic (exact) mass is 448 g/mol. The van der Waals surface area contributed by atoms with Crippen LogP contribution in [-0.4, -0.2) is 62.2 Å². The number of benzene rings is 1. The van der Waals surface area contributed by atoms with E-state index < -0.39 is 0 Å². The fraction of sp³-hybridized carbons (Fsp3) is 0.560. The number of H-pyrrole nitrogens is 1. The van der Waals surface area contributed by atoms with Crippen LogP contribution < -0.4 is 15.2 Å². The standard InChI is InChI=1S/C25H32N6O2/c1-4-31-12-5-8-25(31)11-13-30(16-25)21-15-20(28-29(3)23(21)32)22-18-14-17(33-24(2)9-10-24)6-7-19(18)26-27-22/h6-7,14-15H,4-5,8-13,16H2,1-3H3,(H,26,27). The van der Waals surface area contributed by atoms with Gasteiger partial charge in [0.25, 0.3) is 5.56 Å². The predicted octanol–water partition coefficient (Wildman–Crippen LogP) is 3.32. The summed E-state index contributed by atoms with van der Waals surface area (Å²) in [7, 11) is 1.73. The number of hydrogen-bond donors (Lipinski definition) is 1. The summed E-state index contributed by atoms with van der Waals surface area (Å²) in [6, 6.07) is 7.95. The lowest BCUT2D eigenvalue weighted by molar-refractivity contribution is 0.167. The van der Waals surface area contributed by atoms with Crippen molar-refractivity contribution in [1.29, 1.82) is 0 Å². The maximum Gasteiger partial charge on any atom is 0.290 e. The van der Waals surface area contributed by atoms with Crippen molar-refractivity contribution in [3.8, 4) is 17.1 Å². The number of anilines is 1. The summed E-state index contributed by atoms with van der Waals surface area (Å²) in [5, 5.41) is 13.2. The maximum atomic E-state index is 13.1. The molecule has 2 aromatic heterocycles. The summed E-state index contributed by atoms with van der Waals surface area (Å²) in [5.74, 6) is 0.845. The van der Waals surface area contributed by atoms with Crippen molar-refractivity contribution in [2.45, 2.75) is 57.1 Å². The molecule has 8 nitrogen and oxygen atoms in total. The molecule has 3 aromatic rings. The van der Waals surface area contributed by atoms with E-state index in [1.165, 1.54) is 17.5 Å². The predicted molar refractivity (Wildman–Crippen MR) is 129 cm³/mol. The van der Waals surface area contributed by atoms with Gasteiger partial charge in [-0.05, 0) is 76.4 Å². The number of likely N-dealkylation sites (N-methyl/N-ethyl adjacent to an activating group) is 1. The SMILES string of the molecule is CCN1CCCC12CCN(c1cc(-c3n[nH]c4ccc(OC5(C)CC5)cc34)nn(C)c1=O)C2. The van der Waals surface area contributed by atoms with Gasteiger partial charge in [0.2, 0.25) is 0 Å². The van der Waals surface area contributed by atoms with Crippen LogP contribution in [-0.2, 0) is 7.05 Å². The highest BCUT2D eigenvalue weighted by Crippen LogP contribution is 2.41. The average molecular weight is 449 g/mol. The second kappa shape index (κ2) is 7.32. The highest BCUT2D eigenvalue weighted by molar-refractivity contribution is 5.93. The van der Waals surface area contributed by atoms with Gasteiger partial charge in [-0.3, -0.25) is 14.8 Å². The van der Waals surface area contributed by atoms with Crippen molar-refractivity contribution in [2.24, 2.45) is 7.05 Å².